The lowest BCUT2D eigenvalue weighted by atomic mass is 10.1. The van der Waals surface area contributed by atoms with Gasteiger partial charge in [0.15, 0.2) is 17.4 Å². The van der Waals surface area contributed by atoms with E-state index in [1.165, 1.54) is 6.07 Å². The smallest absolute Gasteiger partial charge is 0.321 e. The molecule has 0 saturated carbocycles. The number of aliphatic imine (C=N–C) groups is 1. The second kappa shape index (κ2) is 9.85. The maximum Gasteiger partial charge on any atom is 0.321 e. The van der Waals surface area contributed by atoms with Crippen LogP contribution < -0.4 is 14.8 Å². The van der Waals surface area contributed by atoms with E-state index in [9.17, 15) is 13.6 Å². The van der Waals surface area contributed by atoms with E-state index in [-0.39, 0.29) is 11.7 Å². The molecule has 2 amide bonds. The van der Waals surface area contributed by atoms with Gasteiger partial charge in [-0.3, -0.25) is 0 Å². The number of carbonyl (C=O) groups is 1. The maximum atomic E-state index is 13.6. The van der Waals surface area contributed by atoms with Crippen molar-refractivity contribution in [2.24, 2.45) is 4.99 Å². The van der Waals surface area contributed by atoms with Gasteiger partial charge >= 0.3 is 6.03 Å². The topological polar surface area (TPSA) is 66.4 Å². The highest BCUT2D eigenvalue weighted by molar-refractivity contribution is 6.04. The number of rotatable bonds is 2. The first-order chi connectivity index (χ1) is 17.4. The van der Waals surface area contributed by atoms with Crippen molar-refractivity contribution in [2.45, 2.75) is 13.3 Å². The largest absolute Gasteiger partial charge is 0.497 e. The Morgan fingerprint density at radius 2 is 1.83 bits per heavy atom. The van der Waals surface area contributed by atoms with E-state index < -0.39 is 11.6 Å². The molecule has 0 aliphatic carbocycles. The number of benzene rings is 3. The Balaban J connectivity index is 1.40. The van der Waals surface area contributed by atoms with Gasteiger partial charge in [0.05, 0.1) is 12.7 Å². The summed E-state index contributed by atoms with van der Waals surface area (Å²) < 4.78 is 38.5. The summed E-state index contributed by atoms with van der Waals surface area (Å²) in [7, 11) is 1.61. The molecule has 7 nitrogen and oxygen atoms in total. The summed E-state index contributed by atoms with van der Waals surface area (Å²) in [5.41, 5.74) is 2.81. The molecule has 2 heterocycles. The fourth-order valence-corrected chi connectivity index (χ4v) is 4.34. The summed E-state index contributed by atoms with van der Waals surface area (Å²) in [6.07, 6.45) is 0.700. The Morgan fingerprint density at radius 3 is 2.64 bits per heavy atom. The lowest BCUT2D eigenvalue weighted by molar-refractivity contribution is 0.214. The van der Waals surface area contributed by atoms with Crippen molar-refractivity contribution in [3.05, 3.63) is 77.4 Å². The number of amidine groups is 1. The fourth-order valence-electron chi connectivity index (χ4n) is 4.34. The quantitative estimate of drug-likeness (QED) is 0.498. The van der Waals surface area contributed by atoms with Crippen molar-refractivity contribution in [3.63, 3.8) is 0 Å². The van der Waals surface area contributed by atoms with Gasteiger partial charge in [-0.2, -0.15) is 0 Å². The van der Waals surface area contributed by atoms with E-state index in [1.807, 2.05) is 43.3 Å². The standard InChI is InChI=1S/C27H26F2N4O3/c1-17-4-8-23-25(14-17)36-24-9-6-19(35-2)16-20(24)26(31-23)32-10-3-11-33(13-12-32)27(34)30-18-5-7-21(28)22(29)15-18/h4-9,14-16H,3,10-13H2,1-2H3,(H,30,34). The van der Waals surface area contributed by atoms with Gasteiger partial charge in [0.2, 0.25) is 0 Å². The third-order valence-corrected chi connectivity index (χ3v) is 6.24. The number of hydrogen-bond donors (Lipinski definition) is 1. The van der Waals surface area contributed by atoms with E-state index in [0.29, 0.717) is 49.8 Å². The number of halogens is 2. The zero-order chi connectivity index (χ0) is 25.2. The molecule has 0 aromatic heterocycles. The first-order valence-electron chi connectivity index (χ1n) is 11.7. The van der Waals surface area contributed by atoms with E-state index >= 15 is 0 Å². The highest BCUT2D eigenvalue weighted by Crippen LogP contribution is 2.40. The Kier molecular flexibility index (Phi) is 6.45. The van der Waals surface area contributed by atoms with Gasteiger partial charge in [-0.15, -0.1) is 0 Å². The third kappa shape index (κ3) is 4.82. The normalized spacial score (nSPS) is 15.1. The molecule has 186 valence electrons. The number of ether oxygens (including phenoxy) is 2. The number of nitrogens with zero attached hydrogens (tertiary/aromatic N) is 3. The molecule has 0 unspecified atom stereocenters. The average Bonchev–Trinajstić information content (AvgIpc) is 3.20. The molecule has 2 aliphatic rings. The predicted molar refractivity (Wildman–Crippen MR) is 134 cm³/mol. The third-order valence-electron chi connectivity index (χ3n) is 6.24. The second-order valence-corrected chi connectivity index (χ2v) is 8.76. The molecule has 1 saturated heterocycles. The minimum atomic E-state index is -1.01. The highest BCUT2D eigenvalue weighted by atomic mass is 19.2. The minimum Gasteiger partial charge on any atom is -0.497 e. The zero-order valence-electron chi connectivity index (χ0n) is 20.1. The molecule has 0 radical (unpaired) electrons. The molecule has 36 heavy (non-hydrogen) atoms. The number of hydrogen-bond acceptors (Lipinski definition) is 5. The number of fused-ring (bicyclic) bond motifs is 2. The molecular formula is C27H26F2N4O3. The molecule has 9 heteroatoms. The first-order valence-corrected chi connectivity index (χ1v) is 11.7. The molecule has 3 aromatic carbocycles. The van der Waals surface area contributed by atoms with Crippen molar-refractivity contribution in [1.29, 1.82) is 0 Å². The fraction of sp³-hybridized carbons (Fsp3) is 0.259. The van der Waals surface area contributed by atoms with Crippen LogP contribution in [0.15, 0.2) is 59.6 Å². The molecule has 1 fully saturated rings. The summed E-state index contributed by atoms with van der Waals surface area (Å²) in [6, 6.07) is 14.5. The van der Waals surface area contributed by atoms with Crippen molar-refractivity contribution in [3.8, 4) is 17.2 Å². The molecule has 0 atom stereocenters. The van der Waals surface area contributed by atoms with Crippen LogP contribution in [0.5, 0.6) is 17.2 Å². The number of nitrogens with one attached hydrogen (secondary N) is 1. The van der Waals surface area contributed by atoms with Gasteiger partial charge in [0, 0.05) is 37.9 Å². The monoisotopic (exact) mass is 492 g/mol. The maximum absolute atomic E-state index is 13.6. The molecule has 1 N–H and O–H groups in total. The molecule has 0 bridgehead atoms. The van der Waals surface area contributed by atoms with Gasteiger partial charge in [-0.25, -0.2) is 18.6 Å². The number of methoxy groups -OCH3 is 1. The number of anilines is 1. The predicted octanol–water partition coefficient (Wildman–Crippen LogP) is 5.71. The van der Waals surface area contributed by atoms with Gasteiger partial charge in [-0.05, 0) is 61.4 Å². The Bertz CT molecular complexity index is 1340. The van der Waals surface area contributed by atoms with Crippen molar-refractivity contribution >= 4 is 23.2 Å². The molecule has 3 aromatic rings. The highest BCUT2D eigenvalue weighted by Gasteiger charge is 2.27. The van der Waals surface area contributed by atoms with Crippen LogP contribution in [-0.2, 0) is 0 Å². The Morgan fingerprint density at radius 1 is 0.972 bits per heavy atom. The molecule has 5 rings (SSSR count). The molecule has 2 aliphatic heterocycles. The average molecular weight is 493 g/mol. The lowest BCUT2D eigenvalue weighted by Crippen LogP contribution is -2.39. The number of urea groups is 1. The van der Waals surface area contributed by atoms with E-state index in [4.69, 9.17) is 14.5 Å². The Hall–Kier alpha value is -4.14. The van der Waals surface area contributed by atoms with Gasteiger partial charge < -0.3 is 24.6 Å². The van der Waals surface area contributed by atoms with E-state index in [0.717, 1.165) is 34.8 Å². The van der Waals surface area contributed by atoms with Crippen LogP contribution in [0.2, 0.25) is 0 Å². The van der Waals surface area contributed by atoms with Crippen LogP contribution in [-0.4, -0.2) is 55.0 Å². The summed E-state index contributed by atoms with van der Waals surface area (Å²) in [6.45, 7) is 4.14. The van der Waals surface area contributed by atoms with E-state index in [2.05, 4.69) is 10.2 Å². The minimum absolute atomic E-state index is 0.207. The first kappa shape index (κ1) is 23.6. The zero-order valence-corrected chi connectivity index (χ0v) is 20.1. The SMILES string of the molecule is COc1ccc2c(c1)C(N1CCCN(C(=O)Nc3ccc(F)c(F)c3)CC1)=Nc1ccc(C)cc1O2. The van der Waals surface area contributed by atoms with Crippen LogP contribution in [0.25, 0.3) is 0 Å². The number of carbonyl (C=O) groups excluding carboxylic acids is 1. The van der Waals surface area contributed by atoms with Crippen LogP contribution in [0.4, 0.5) is 25.0 Å². The lowest BCUT2D eigenvalue weighted by Gasteiger charge is -2.25. The molecule has 0 spiro atoms. The van der Waals surface area contributed by atoms with Gasteiger partial charge in [0.1, 0.15) is 23.0 Å². The van der Waals surface area contributed by atoms with Gasteiger partial charge in [-0.1, -0.05) is 6.07 Å². The van der Waals surface area contributed by atoms with Gasteiger partial charge in [0.25, 0.3) is 0 Å². The molecular weight excluding hydrogens is 466 g/mol. The second-order valence-electron chi connectivity index (χ2n) is 8.76. The summed E-state index contributed by atoms with van der Waals surface area (Å²) in [5.74, 6) is 0.826. The van der Waals surface area contributed by atoms with E-state index in [1.54, 1.807) is 12.0 Å². The summed E-state index contributed by atoms with van der Waals surface area (Å²) in [4.78, 5) is 21.6. The van der Waals surface area contributed by atoms with Crippen LogP contribution >= 0.6 is 0 Å². The van der Waals surface area contributed by atoms with Crippen LogP contribution in [0.1, 0.15) is 17.5 Å². The van der Waals surface area contributed by atoms with Crippen LogP contribution in [0.3, 0.4) is 0 Å². The van der Waals surface area contributed by atoms with Crippen LogP contribution in [0, 0.1) is 18.6 Å². The summed E-state index contributed by atoms with van der Waals surface area (Å²) >= 11 is 0. The van der Waals surface area contributed by atoms with Crippen molar-refractivity contribution < 1.29 is 23.0 Å². The van der Waals surface area contributed by atoms with Crippen molar-refractivity contribution in [2.75, 3.05) is 38.6 Å². The van der Waals surface area contributed by atoms with Crippen molar-refractivity contribution in [1.82, 2.24) is 9.80 Å². The number of amides is 2. The Labute approximate surface area is 208 Å². The summed E-state index contributed by atoms with van der Waals surface area (Å²) in [5, 5.41) is 2.66. The number of aryl methyl sites for hydroxylation is 1.